The van der Waals surface area contributed by atoms with Crippen LogP contribution >= 0.6 is 15.9 Å². The van der Waals surface area contributed by atoms with Crippen LogP contribution in [-0.2, 0) is 11.3 Å². The predicted molar refractivity (Wildman–Crippen MR) is 65.5 cm³/mol. The first-order valence-corrected chi connectivity index (χ1v) is 6.14. The lowest BCUT2D eigenvalue weighted by Gasteiger charge is -2.32. The van der Waals surface area contributed by atoms with E-state index in [2.05, 4.69) is 27.8 Å². The summed E-state index contributed by atoms with van der Waals surface area (Å²) < 4.78 is 1.01. The summed E-state index contributed by atoms with van der Waals surface area (Å²) in [5.41, 5.74) is 2.08. The summed E-state index contributed by atoms with van der Waals surface area (Å²) in [5.74, 6) is -1.13. The molecule has 1 unspecified atom stereocenters. The van der Waals surface area contributed by atoms with E-state index >= 15 is 0 Å². The van der Waals surface area contributed by atoms with Crippen LogP contribution in [0, 0.1) is 0 Å². The second kappa shape index (κ2) is 4.55. The molecule has 0 amide bonds. The predicted octanol–water partition coefficient (Wildman–Crippen LogP) is 2.45. The second-order valence-corrected chi connectivity index (χ2v) is 4.98. The first-order chi connectivity index (χ1) is 7.61. The summed E-state index contributed by atoms with van der Waals surface area (Å²) >= 11 is 3.42. The Balaban J connectivity index is 2.42. The number of aliphatic carboxylic acids is 1. The molecule has 1 aromatic rings. The van der Waals surface area contributed by atoms with Gasteiger partial charge in [0.05, 0.1) is 5.92 Å². The molecule has 3 nitrogen and oxygen atoms in total. The van der Waals surface area contributed by atoms with Crippen LogP contribution < -0.4 is 0 Å². The third-order valence-electron chi connectivity index (χ3n) is 3.06. The number of hydrogen-bond donors (Lipinski definition) is 1. The van der Waals surface area contributed by atoms with E-state index in [-0.39, 0.29) is 0 Å². The fraction of sp³-hybridized carbons (Fsp3) is 0.417. The molecule has 4 heteroatoms. The molecule has 0 radical (unpaired) electrons. The lowest BCUT2D eigenvalue weighted by atomic mass is 9.90. The lowest BCUT2D eigenvalue weighted by molar-refractivity contribution is -0.139. The molecule has 0 aromatic heterocycles. The number of rotatable bonds is 2. The standard InChI is InChI=1S/C12H14BrNO2/c1-2-14-6-8-5-9(13)3-4-10(8)11(7-14)12(15)16/h3-5,11H,2,6-7H2,1H3,(H,15,16). The van der Waals surface area contributed by atoms with Crippen LogP contribution in [0.5, 0.6) is 0 Å². The van der Waals surface area contributed by atoms with Crippen molar-refractivity contribution in [1.82, 2.24) is 4.90 Å². The van der Waals surface area contributed by atoms with E-state index < -0.39 is 11.9 Å². The molecule has 0 fully saturated rings. The lowest BCUT2D eigenvalue weighted by Crippen LogP contribution is -2.36. The maximum Gasteiger partial charge on any atom is 0.312 e. The van der Waals surface area contributed by atoms with Crippen molar-refractivity contribution in [3.8, 4) is 0 Å². The fourth-order valence-electron chi connectivity index (χ4n) is 2.17. The molecule has 1 aliphatic rings. The Morgan fingerprint density at radius 3 is 3.00 bits per heavy atom. The van der Waals surface area contributed by atoms with Crippen LogP contribution in [0.15, 0.2) is 22.7 Å². The van der Waals surface area contributed by atoms with Crippen molar-refractivity contribution in [2.24, 2.45) is 0 Å². The van der Waals surface area contributed by atoms with Gasteiger partial charge in [-0.25, -0.2) is 0 Å². The molecule has 1 atom stereocenters. The Labute approximate surface area is 103 Å². The van der Waals surface area contributed by atoms with Gasteiger partial charge in [0.2, 0.25) is 0 Å². The molecular formula is C12H14BrNO2. The van der Waals surface area contributed by atoms with Gasteiger partial charge in [0.1, 0.15) is 0 Å². The molecule has 0 saturated heterocycles. The maximum absolute atomic E-state index is 11.2. The van der Waals surface area contributed by atoms with Gasteiger partial charge in [0, 0.05) is 17.6 Å². The number of nitrogens with zero attached hydrogens (tertiary/aromatic N) is 1. The van der Waals surface area contributed by atoms with Crippen LogP contribution in [0.25, 0.3) is 0 Å². The van der Waals surface area contributed by atoms with Gasteiger partial charge in [-0.15, -0.1) is 0 Å². The monoisotopic (exact) mass is 283 g/mol. The number of hydrogen-bond acceptors (Lipinski definition) is 2. The SMILES string of the molecule is CCN1Cc2cc(Br)ccc2C(C(=O)O)C1. The summed E-state index contributed by atoms with van der Waals surface area (Å²) in [4.78, 5) is 13.4. The van der Waals surface area contributed by atoms with Gasteiger partial charge in [-0.2, -0.15) is 0 Å². The van der Waals surface area contributed by atoms with E-state index in [1.807, 2.05) is 18.2 Å². The number of fused-ring (bicyclic) bond motifs is 1. The quantitative estimate of drug-likeness (QED) is 0.907. The summed E-state index contributed by atoms with van der Waals surface area (Å²) in [5, 5.41) is 9.23. The topological polar surface area (TPSA) is 40.5 Å². The molecule has 2 rings (SSSR count). The fourth-order valence-corrected chi connectivity index (χ4v) is 2.57. The summed E-state index contributed by atoms with van der Waals surface area (Å²) in [6, 6.07) is 5.86. The molecule has 86 valence electrons. The van der Waals surface area contributed by atoms with E-state index in [1.54, 1.807) is 0 Å². The van der Waals surface area contributed by atoms with E-state index in [0.717, 1.165) is 28.7 Å². The number of carboxylic acid groups (broad SMARTS) is 1. The molecular weight excluding hydrogens is 270 g/mol. The van der Waals surface area contributed by atoms with Crippen LogP contribution in [0.4, 0.5) is 0 Å². The van der Waals surface area contributed by atoms with Crippen molar-refractivity contribution in [3.63, 3.8) is 0 Å². The largest absolute Gasteiger partial charge is 0.481 e. The Bertz CT molecular complexity index is 419. The molecule has 1 aromatic carbocycles. The molecule has 1 heterocycles. The van der Waals surface area contributed by atoms with Crippen LogP contribution in [0.3, 0.4) is 0 Å². The van der Waals surface area contributed by atoms with Crippen molar-refractivity contribution < 1.29 is 9.90 Å². The zero-order valence-electron chi connectivity index (χ0n) is 9.11. The summed E-state index contributed by atoms with van der Waals surface area (Å²) in [7, 11) is 0. The average Bonchev–Trinajstić information content (AvgIpc) is 2.26. The van der Waals surface area contributed by atoms with Crippen molar-refractivity contribution in [1.29, 1.82) is 0 Å². The molecule has 0 spiro atoms. The highest BCUT2D eigenvalue weighted by Gasteiger charge is 2.29. The Morgan fingerprint density at radius 1 is 1.62 bits per heavy atom. The first-order valence-electron chi connectivity index (χ1n) is 5.35. The minimum atomic E-state index is -0.735. The second-order valence-electron chi connectivity index (χ2n) is 4.06. The number of halogens is 1. The van der Waals surface area contributed by atoms with Crippen molar-refractivity contribution in [3.05, 3.63) is 33.8 Å². The zero-order chi connectivity index (χ0) is 11.7. The molecule has 16 heavy (non-hydrogen) atoms. The first kappa shape index (κ1) is 11.6. The van der Waals surface area contributed by atoms with Gasteiger partial charge in [0.15, 0.2) is 0 Å². The number of benzene rings is 1. The van der Waals surface area contributed by atoms with Crippen molar-refractivity contribution in [2.45, 2.75) is 19.4 Å². The molecule has 0 aliphatic carbocycles. The maximum atomic E-state index is 11.2. The third kappa shape index (κ3) is 2.13. The minimum absolute atomic E-state index is 0.392. The average molecular weight is 284 g/mol. The van der Waals surface area contributed by atoms with Gasteiger partial charge in [-0.1, -0.05) is 28.9 Å². The Morgan fingerprint density at radius 2 is 2.38 bits per heavy atom. The van der Waals surface area contributed by atoms with Gasteiger partial charge >= 0.3 is 5.97 Å². The number of likely N-dealkylation sites (N-methyl/N-ethyl adjacent to an activating group) is 1. The highest BCUT2D eigenvalue weighted by Crippen LogP contribution is 2.30. The van der Waals surface area contributed by atoms with E-state index in [1.165, 1.54) is 0 Å². The third-order valence-corrected chi connectivity index (χ3v) is 3.55. The number of carbonyl (C=O) groups is 1. The number of carboxylic acids is 1. The van der Waals surface area contributed by atoms with Crippen LogP contribution in [-0.4, -0.2) is 29.1 Å². The summed E-state index contributed by atoms with van der Waals surface area (Å²) in [6.07, 6.45) is 0. The molecule has 1 aliphatic heterocycles. The molecule has 0 saturated carbocycles. The Hall–Kier alpha value is -0.870. The van der Waals surface area contributed by atoms with Gasteiger partial charge in [-0.3, -0.25) is 9.69 Å². The van der Waals surface area contributed by atoms with Gasteiger partial charge < -0.3 is 5.11 Å². The van der Waals surface area contributed by atoms with Crippen molar-refractivity contribution >= 4 is 21.9 Å². The highest BCUT2D eigenvalue weighted by molar-refractivity contribution is 9.10. The Kier molecular flexibility index (Phi) is 3.30. The zero-order valence-corrected chi connectivity index (χ0v) is 10.7. The minimum Gasteiger partial charge on any atom is -0.481 e. The smallest absolute Gasteiger partial charge is 0.312 e. The van der Waals surface area contributed by atoms with E-state index in [9.17, 15) is 9.90 Å². The van der Waals surface area contributed by atoms with Gasteiger partial charge in [0.25, 0.3) is 0 Å². The van der Waals surface area contributed by atoms with E-state index in [0.29, 0.717) is 6.54 Å². The van der Waals surface area contributed by atoms with E-state index in [4.69, 9.17) is 0 Å². The van der Waals surface area contributed by atoms with Gasteiger partial charge in [-0.05, 0) is 29.8 Å². The summed E-state index contributed by atoms with van der Waals surface area (Å²) in [6.45, 7) is 4.40. The normalized spacial score (nSPS) is 20.5. The molecule has 1 N–H and O–H groups in total. The highest BCUT2D eigenvalue weighted by atomic mass is 79.9. The van der Waals surface area contributed by atoms with Crippen LogP contribution in [0.1, 0.15) is 24.0 Å². The van der Waals surface area contributed by atoms with Crippen molar-refractivity contribution in [2.75, 3.05) is 13.1 Å². The van der Waals surface area contributed by atoms with Crippen LogP contribution in [0.2, 0.25) is 0 Å². The molecule has 0 bridgehead atoms.